The molecule has 0 aliphatic carbocycles. The van der Waals surface area contributed by atoms with Crippen LogP contribution < -0.4 is 10.6 Å². The molecule has 2 atom stereocenters. The maximum absolute atomic E-state index is 10.7. The molecule has 2 bridgehead atoms. The monoisotopic (exact) mass is 248 g/mol. The molecule has 0 aromatic carbocycles. The number of nitrogens with zero attached hydrogens (tertiary/aromatic N) is 2. The highest BCUT2D eigenvalue weighted by atomic mass is 16.6. The number of hydrogen-bond donors (Lipinski definition) is 2. The van der Waals surface area contributed by atoms with E-state index in [0.29, 0.717) is 23.9 Å². The lowest BCUT2D eigenvalue weighted by molar-refractivity contribution is -0.384. The zero-order chi connectivity index (χ0) is 12.5. The number of hydrogen-bond acceptors (Lipinski definition) is 5. The van der Waals surface area contributed by atoms with Crippen molar-refractivity contribution in [1.29, 1.82) is 0 Å². The molecule has 6 heteroatoms. The first-order valence-electron chi connectivity index (χ1n) is 6.34. The first kappa shape index (κ1) is 11.4. The van der Waals surface area contributed by atoms with E-state index in [4.69, 9.17) is 0 Å². The van der Waals surface area contributed by atoms with Gasteiger partial charge in [-0.05, 0) is 25.7 Å². The maximum atomic E-state index is 10.7. The van der Waals surface area contributed by atoms with Crippen LogP contribution in [0.2, 0.25) is 0 Å². The van der Waals surface area contributed by atoms with E-state index in [1.54, 1.807) is 0 Å². The van der Waals surface area contributed by atoms with Crippen LogP contribution in [0.15, 0.2) is 18.3 Å². The first-order chi connectivity index (χ1) is 8.70. The highest BCUT2D eigenvalue weighted by Crippen LogP contribution is 2.28. The average Bonchev–Trinajstić information content (AvgIpc) is 2.69. The molecule has 6 nitrogen and oxygen atoms in total. The molecule has 2 aliphatic heterocycles. The molecule has 2 N–H and O–H groups in total. The predicted octanol–water partition coefficient (Wildman–Crippen LogP) is 1.68. The zero-order valence-electron chi connectivity index (χ0n) is 10.0. The van der Waals surface area contributed by atoms with Crippen LogP contribution in [0.3, 0.4) is 0 Å². The Kier molecular flexibility index (Phi) is 2.87. The second-order valence-corrected chi connectivity index (χ2v) is 5.11. The molecule has 0 saturated carbocycles. The molecule has 0 spiro atoms. The van der Waals surface area contributed by atoms with Crippen LogP contribution in [-0.2, 0) is 0 Å². The van der Waals surface area contributed by atoms with Gasteiger partial charge in [0.15, 0.2) is 0 Å². The fraction of sp³-hybridized carbons (Fsp3) is 0.583. The third-order valence-corrected chi connectivity index (χ3v) is 3.78. The molecule has 0 amide bonds. The van der Waals surface area contributed by atoms with Gasteiger partial charge >= 0.3 is 0 Å². The standard InChI is InChI=1S/C12H16N4O2/c17-16(18)11-3-4-13-12(7-11)15-10-5-8-1-2-9(6-10)14-8/h3-4,7-10,14H,1-2,5-6H2,(H,13,15). The highest BCUT2D eigenvalue weighted by molar-refractivity contribution is 5.45. The van der Waals surface area contributed by atoms with Crippen molar-refractivity contribution in [2.24, 2.45) is 0 Å². The van der Waals surface area contributed by atoms with E-state index in [2.05, 4.69) is 15.6 Å². The summed E-state index contributed by atoms with van der Waals surface area (Å²) >= 11 is 0. The molecule has 2 saturated heterocycles. The van der Waals surface area contributed by atoms with Crippen LogP contribution in [0.5, 0.6) is 0 Å². The SMILES string of the molecule is O=[N+]([O-])c1ccnc(NC2CC3CCC(C2)N3)c1. The summed E-state index contributed by atoms with van der Waals surface area (Å²) in [5.74, 6) is 0.607. The molecule has 3 rings (SSSR count). The fourth-order valence-electron chi connectivity index (χ4n) is 3.00. The van der Waals surface area contributed by atoms with Gasteiger partial charge in [0, 0.05) is 30.4 Å². The summed E-state index contributed by atoms with van der Waals surface area (Å²) in [6.07, 6.45) is 6.11. The lowest BCUT2D eigenvalue weighted by Gasteiger charge is -2.29. The van der Waals surface area contributed by atoms with E-state index >= 15 is 0 Å². The molecule has 1 aromatic rings. The van der Waals surface area contributed by atoms with Gasteiger partial charge in [0.2, 0.25) is 0 Å². The molecule has 3 heterocycles. The number of piperidine rings is 1. The van der Waals surface area contributed by atoms with Gasteiger partial charge in [-0.1, -0.05) is 0 Å². The van der Waals surface area contributed by atoms with Crippen LogP contribution in [0.4, 0.5) is 11.5 Å². The van der Waals surface area contributed by atoms with Crippen molar-refractivity contribution in [1.82, 2.24) is 10.3 Å². The van der Waals surface area contributed by atoms with Crippen molar-refractivity contribution < 1.29 is 4.92 Å². The third-order valence-electron chi connectivity index (χ3n) is 3.78. The van der Waals surface area contributed by atoms with Crippen molar-refractivity contribution in [3.8, 4) is 0 Å². The summed E-state index contributed by atoms with van der Waals surface area (Å²) in [6, 6.07) is 4.49. The topological polar surface area (TPSA) is 80.1 Å². The quantitative estimate of drug-likeness (QED) is 0.628. The molecule has 0 radical (unpaired) electrons. The molecular weight excluding hydrogens is 232 g/mol. The van der Waals surface area contributed by atoms with Crippen LogP contribution in [0.1, 0.15) is 25.7 Å². The molecule has 2 unspecified atom stereocenters. The van der Waals surface area contributed by atoms with Gasteiger partial charge < -0.3 is 10.6 Å². The first-order valence-corrected chi connectivity index (χ1v) is 6.34. The van der Waals surface area contributed by atoms with E-state index in [0.717, 1.165) is 12.8 Å². The summed E-state index contributed by atoms with van der Waals surface area (Å²) < 4.78 is 0. The summed E-state index contributed by atoms with van der Waals surface area (Å²) in [7, 11) is 0. The number of nitrogens with one attached hydrogen (secondary N) is 2. The minimum Gasteiger partial charge on any atom is -0.367 e. The van der Waals surface area contributed by atoms with Crippen LogP contribution in [0.25, 0.3) is 0 Å². The summed E-state index contributed by atoms with van der Waals surface area (Å²) in [4.78, 5) is 14.5. The Balaban J connectivity index is 1.69. The number of aromatic nitrogens is 1. The summed E-state index contributed by atoms with van der Waals surface area (Å²) in [6.45, 7) is 0. The fourth-order valence-corrected chi connectivity index (χ4v) is 3.00. The number of nitro groups is 1. The van der Waals surface area contributed by atoms with Gasteiger partial charge in [0.05, 0.1) is 11.0 Å². The van der Waals surface area contributed by atoms with Gasteiger partial charge in [-0.3, -0.25) is 10.1 Å². The van der Waals surface area contributed by atoms with Gasteiger partial charge in [-0.2, -0.15) is 0 Å². The molecule has 2 fully saturated rings. The van der Waals surface area contributed by atoms with E-state index < -0.39 is 0 Å². The number of rotatable bonds is 3. The Hall–Kier alpha value is -1.69. The van der Waals surface area contributed by atoms with E-state index in [1.807, 2.05) is 0 Å². The minimum atomic E-state index is -0.390. The predicted molar refractivity (Wildman–Crippen MR) is 67.5 cm³/mol. The van der Waals surface area contributed by atoms with Crippen molar-refractivity contribution >= 4 is 11.5 Å². The lowest BCUT2D eigenvalue weighted by Crippen LogP contribution is -2.43. The maximum Gasteiger partial charge on any atom is 0.274 e. The zero-order valence-corrected chi connectivity index (χ0v) is 10.0. The van der Waals surface area contributed by atoms with Gasteiger partial charge in [-0.15, -0.1) is 0 Å². The number of fused-ring (bicyclic) bond motifs is 2. The largest absolute Gasteiger partial charge is 0.367 e. The summed E-state index contributed by atoms with van der Waals surface area (Å²) in [5, 5.41) is 17.6. The summed E-state index contributed by atoms with van der Waals surface area (Å²) in [5.41, 5.74) is 0.0874. The second kappa shape index (κ2) is 4.53. The molecule has 96 valence electrons. The Bertz CT molecular complexity index is 453. The highest BCUT2D eigenvalue weighted by Gasteiger charge is 2.33. The van der Waals surface area contributed by atoms with Crippen LogP contribution in [-0.4, -0.2) is 28.0 Å². The van der Waals surface area contributed by atoms with Gasteiger partial charge in [-0.25, -0.2) is 4.98 Å². The van der Waals surface area contributed by atoms with Gasteiger partial charge in [0.1, 0.15) is 5.82 Å². The van der Waals surface area contributed by atoms with Crippen LogP contribution >= 0.6 is 0 Å². The van der Waals surface area contributed by atoms with Crippen LogP contribution in [0, 0.1) is 10.1 Å². The molecule has 1 aromatic heterocycles. The van der Waals surface area contributed by atoms with E-state index in [9.17, 15) is 10.1 Å². The number of pyridine rings is 1. The molecular formula is C12H16N4O2. The lowest BCUT2D eigenvalue weighted by atomic mass is 10.00. The Morgan fingerprint density at radius 3 is 2.78 bits per heavy atom. The Labute approximate surface area is 105 Å². The van der Waals surface area contributed by atoms with Crippen molar-refractivity contribution in [2.45, 2.75) is 43.8 Å². The minimum absolute atomic E-state index is 0.0874. The molecule has 18 heavy (non-hydrogen) atoms. The smallest absolute Gasteiger partial charge is 0.274 e. The van der Waals surface area contributed by atoms with E-state index in [-0.39, 0.29) is 10.6 Å². The van der Waals surface area contributed by atoms with Crippen molar-refractivity contribution in [3.63, 3.8) is 0 Å². The Morgan fingerprint density at radius 1 is 1.39 bits per heavy atom. The van der Waals surface area contributed by atoms with E-state index in [1.165, 1.54) is 31.2 Å². The van der Waals surface area contributed by atoms with Crippen molar-refractivity contribution in [2.75, 3.05) is 5.32 Å². The normalized spacial score (nSPS) is 30.1. The molecule has 2 aliphatic rings. The van der Waals surface area contributed by atoms with Gasteiger partial charge in [0.25, 0.3) is 5.69 Å². The van der Waals surface area contributed by atoms with Crippen molar-refractivity contribution in [3.05, 3.63) is 28.4 Å². The third kappa shape index (κ3) is 2.28. The second-order valence-electron chi connectivity index (χ2n) is 5.11. The number of anilines is 1. The average molecular weight is 248 g/mol. The Morgan fingerprint density at radius 2 is 2.11 bits per heavy atom.